The molecule has 1 N–H and O–H groups in total. The molecule has 0 radical (unpaired) electrons. The van der Waals surface area contributed by atoms with Crippen molar-refractivity contribution >= 4 is 29.5 Å². The molecule has 1 fully saturated rings. The van der Waals surface area contributed by atoms with Crippen LogP contribution in [0, 0.1) is 0 Å². The molecule has 1 aliphatic rings. The molecular weight excluding hydrogens is 306 g/mol. The minimum absolute atomic E-state index is 0.0644. The Morgan fingerprint density at radius 2 is 2.14 bits per heavy atom. The second kappa shape index (κ2) is 8.10. The molecule has 0 spiro atoms. The number of carbonyl (C=O) groups is 1. The quantitative estimate of drug-likeness (QED) is 0.774. The van der Waals surface area contributed by atoms with Crippen LogP contribution >= 0.6 is 23.5 Å². The monoisotopic (exact) mass is 329 g/mol. The fraction of sp³-hybridized carbons (Fsp3) is 0.714. The number of aromatic nitrogens is 2. The van der Waals surface area contributed by atoms with Gasteiger partial charge in [0.25, 0.3) is 0 Å². The van der Waals surface area contributed by atoms with Crippen molar-refractivity contribution in [3.05, 3.63) is 11.9 Å². The summed E-state index contributed by atoms with van der Waals surface area (Å²) >= 11 is 3.32. The van der Waals surface area contributed by atoms with Gasteiger partial charge in [-0.1, -0.05) is 25.6 Å². The van der Waals surface area contributed by atoms with Crippen molar-refractivity contribution in [1.29, 1.82) is 0 Å². The van der Waals surface area contributed by atoms with Gasteiger partial charge >= 0.3 is 5.97 Å². The van der Waals surface area contributed by atoms with Crippen molar-refractivity contribution in [2.24, 2.45) is 0 Å². The minimum Gasteiger partial charge on any atom is -0.481 e. The Labute approximate surface area is 134 Å². The molecule has 2 rings (SSSR count). The molecule has 1 saturated heterocycles. The Bertz CT molecular complexity index is 471. The molecule has 0 aromatic carbocycles. The molecular formula is C14H23N3O2S2. The van der Waals surface area contributed by atoms with Gasteiger partial charge in [0.2, 0.25) is 0 Å². The lowest BCUT2D eigenvalue weighted by molar-refractivity contribution is -0.133. The lowest BCUT2D eigenvalue weighted by Crippen LogP contribution is -2.35. The van der Waals surface area contributed by atoms with E-state index in [0.29, 0.717) is 5.92 Å². The smallest absolute Gasteiger partial charge is 0.313 e. The highest BCUT2D eigenvalue weighted by atomic mass is 32.2. The van der Waals surface area contributed by atoms with Crippen molar-refractivity contribution in [2.45, 2.75) is 31.5 Å². The Hall–Kier alpha value is -0.660. The van der Waals surface area contributed by atoms with Crippen LogP contribution in [0.4, 0.5) is 0 Å². The first-order valence-corrected chi connectivity index (χ1v) is 9.42. The summed E-state index contributed by atoms with van der Waals surface area (Å²) in [7, 11) is 0. The molecule has 0 bridgehead atoms. The van der Waals surface area contributed by atoms with E-state index in [1.807, 2.05) is 18.0 Å². The maximum atomic E-state index is 10.8. The van der Waals surface area contributed by atoms with E-state index >= 15 is 0 Å². The van der Waals surface area contributed by atoms with E-state index < -0.39 is 5.97 Å². The Balaban J connectivity index is 2.02. The molecule has 7 heteroatoms. The number of hydrogen-bond donors (Lipinski definition) is 1. The third-order valence-electron chi connectivity index (χ3n) is 3.51. The van der Waals surface area contributed by atoms with Crippen LogP contribution in [0.1, 0.15) is 25.5 Å². The van der Waals surface area contributed by atoms with Crippen molar-refractivity contribution in [2.75, 3.05) is 36.9 Å². The van der Waals surface area contributed by atoms with Crippen molar-refractivity contribution in [3.63, 3.8) is 0 Å². The molecule has 1 aliphatic heterocycles. The maximum Gasteiger partial charge on any atom is 0.313 e. The van der Waals surface area contributed by atoms with E-state index in [9.17, 15) is 4.79 Å². The highest BCUT2D eigenvalue weighted by Gasteiger charge is 2.16. The van der Waals surface area contributed by atoms with Gasteiger partial charge in [-0.15, -0.1) is 0 Å². The van der Waals surface area contributed by atoms with Gasteiger partial charge < -0.3 is 9.67 Å². The van der Waals surface area contributed by atoms with Gasteiger partial charge in [-0.3, -0.25) is 9.69 Å². The second-order valence-electron chi connectivity index (χ2n) is 5.41. The number of hydrogen-bond acceptors (Lipinski definition) is 5. The first kappa shape index (κ1) is 16.7. The van der Waals surface area contributed by atoms with Gasteiger partial charge in [0.05, 0.1) is 5.75 Å². The maximum absolute atomic E-state index is 10.8. The van der Waals surface area contributed by atoms with Crippen LogP contribution in [-0.2, 0) is 11.3 Å². The molecule has 0 amide bonds. The van der Waals surface area contributed by atoms with Gasteiger partial charge in [0, 0.05) is 49.6 Å². The summed E-state index contributed by atoms with van der Waals surface area (Å²) < 4.78 is 2.19. The SMILES string of the molecule is CC(C)c1cnc(SCC(=O)O)n1CCN1CCSCC1. The van der Waals surface area contributed by atoms with Crippen molar-refractivity contribution in [3.8, 4) is 0 Å². The van der Waals surface area contributed by atoms with Crippen LogP contribution in [0.3, 0.4) is 0 Å². The standard InChI is InChI=1S/C14H23N3O2S2/c1-11(2)12-9-15-14(21-10-13(18)19)17(12)4-3-16-5-7-20-8-6-16/h9,11H,3-8,10H2,1-2H3,(H,18,19). The number of thioether (sulfide) groups is 2. The van der Waals surface area contributed by atoms with Gasteiger partial charge in [-0.05, 0) is 5.92 Å². The summed E-state index contributed by atoms with van der Waals surface area (Å²) in [4.78, 5) is 17.7. The van der Waals surface area contributed by atoms with E-state index in [1.54, 1.807) is 0 Å². The Morgan fingerprint density at radius 3 is 2.76 bits per heavy atom. The number of carboxylic acids is 1. The number of aliphatic carboxylic acids is 1. The summed E-state index contributed by atoms with van der Waals surface area (Å²) in [5, 5.41) is 9.67. The molecule has 118 valence electrons. The normalized spacial score (nSPS) is 16.5. The van der Waals surface area contributed by atoms with Crippen LogP contribution < -0.4 is 0 Å². The first-order chi connectivity index (χ1) is 10.1. The zero-order valence-corrected chi connectivity index (χ0v) is 14.3. The highest BCUT2D eigenvalue weighted by Crippen LogP contribution is 2.23. The van der Waals surface area contributed by atoms with Crippen LogP contribution in [-0.4, -0.2) is 62.4 Å². The topological polar surface area (TPSA) is 58.4 Å². The van der Waals surface area contributed by atoms with Crippen molar-refractivity contribution in [1.82, 2.24) is 14.5 Å². The predicted molar refractivity (Wildman–Crippen MR) is 88.4 cm³/mol. The summed E-state index contributed by atoms with van der Waals surface area (Å²) in [6, 6.07) is 0. The van der Waals surface area contributed by atoms with E-state index in [0.717, 1.165) is 31.3 Å². The van der Waals surface area contributed by atoms with E-state index in [4.69, 9.17) is 5.11 Å². The van der Waals surface area contributed by atoms with Gasteiger partial charge in [0.15, 0.2) is 5.16 Å². The molecule has 0 unspecified atom stereocenters. The summed E-state index contributed by atoms with van der Waals surface area (Å²) in [6.45, 7) is 8.49. The molecule has 1 aromatic heterocycles. The second-order valence-corrected chi connectivity index (χ2v) is 7.58. The number of nitrogens with zero attached hydrogens (tertiary/aromatic N) is 3. The average Bonchev–Trinajstić information content (AvgIpc) is 2.87. The number of carboxylic acid groups (broad SMARTS) is 1. The third kappa shape index (κ3) is 4.93. The molecule has 0 aliphatic carbocycles. The molecule has 0 saturated carbocycles. The summed E-state index contributed by atoms with van der Waals surface area (Å²) in [6.07, 6.45) is 1.89. The lowest BCUT2D eigenvalue weighted by Gasteiger charge is -2.27. The van der Waals surface area contributed by atoms with E-state index in [-0.39, 0.29) is 5.75 Å². The number of rotatable bonds is 7. The molecule has 0 atom stereocenters. The lowest BCUT2D eigenvalue weighted by atomic mass is 10.1. The molecule has 1 aromatic rings. The Kier molecular flexibility index (Phi) is 6.44. The van der Waals surface area contributed by atoms with Gasteiger partial charge in [-0.25, -0.2) is 4.98 Å². The first-order valence-electron chi connectivity index (χ1n) is 7.28. The van der Waals surface area contributed by atoms with Crippen LogP contribution in [0.5, 0.6) is 0 Å². The number of imidazole rings is 1. The zero-order chi connectivity index (χ0) is 15.2. The van der Waals surface area contributed by atoms with Crippen LogP contribution in [0.25, 0.3) is 0 Å². The van der Waals surface area contributed by atoms with E-state index in [1.165, 1.54) is 29.0 Å². The van der Waals surface area contributed by atoms with E-state index in [2.05, 4.69) is 28.3 Å². The van der Waals surface area contributed by atoms with Gasteiger partial charge in [0.1, 0.15) is 0 Å². The molecule has 5 nitrogen and oxygen atoms in total. The minimum atomic E-state index is -0.797. The average molecular weight is 329 g/mol. The largest absolute Gasteiger partial charge is 0.481 e. The highest BCUT2D eigenvalue weighted by molar-refractivity contribution is 7.99. The fourth-order valence-electron chi connectivity index (χ4n) is 2.36. The summed E-state index contributed by atoms with van der Waals surface area (Å²) in [5.41, 5.74) is 1.19. The van der Waals surface area contributed by atoms with Crippen LogP contribution in [0.15, 0.2) is 11.4 Å². The summed E-state index contributed by atoms with van der Waals surface area (Å²) in [5.74, 6) is 2.08. The molecule has 2 heterocycles. The van der Waals surface area contributed by atoms with Crippen LogP contribution in [0.2, 0.25) is 0 Å². The predicted octanol–water partition coefficient (Wildman–Crippen LogP) is 2.23. The Morgan fingerprint density at radius 1 is 1.43 bits per heavy atom. The zero-order valence-electron chi connectivity index (χ0n) is 12.6. The van der Waals surface area contributed by atoms with Gasteiger partial charge in [-0.2, -0.15) is 11.8 Å². The fourth-order valence-corrected chi connectivity index (χ4v) is 4.08. The molecule has 21 heavy (non-hydrogen) atoms. The van der Waals surface area contributed by atoms with Crippen molar-refractivity contribution < 1.29 is 9.90 Å². The third-order valence-corrected chi connectivity index (χ3v) is 5.43.